The predicted molar refractivity (Wildman–Crippen MR) is 163 cm³/mol. The zero-order chi connectivity index (χ0) is 27.1. The molecule has 39 heavy (non-hydrogen) atoms. The molecule has 1 aliphatic heterocycles. The maximum Gasteiger partial charge on any atom is 0.276 e. The van der Waals surface area contributed by atoms with Gasteiger partial charge in [0.05, 0.1) is 27.9 Å². The molecular formula is C31H20Br2ClN3O2. The summed E-state index contributed by atoms with van der Waals surface area (Å²) in [6, 6.07) is 29.8. The summed E-state index contributed by atoms with van der Waals surface area (Å²) < 4.78 is 1.78. The lowest BCUT2D eigenvalue weighted by Crippen LogP contribution is -2.27. The smallest absolute Gasteiger partial charge is 0.276 e. The van der Waals surface area contributed by atoms with Gasteiger partial charge in [-0.05, 0) is 53.6 Å². The van der Waals surface area contributed by atoms with Gasteiger partial charge >= 0.3 is 0 Å². The number of hydrogen-bond acceptors (Lipinski definition) is 3. The summed E-state index contributed by atoms with van der Waals surface area (Å²) in [5.41, 5.74) is 4.34. The minimum absolute atomic E-state index is 0.262. The van der Waals surface area contributed by atoms with Crippen molar-refractivity contribution in [3.05, 3.63) is 138 Å². The number of nitrogens with zero attached hydrogens (tertiary/aromatic N) is 2. The Morgan fingerprint density at radius 3 is 2.38 bits per heavy atom. The first-order valence-electron chi connectivity index (χ1n) is 12.2. The highest BCUT2D eigenvalue weighted by molar-refractivity contribution is 9.10. The minimum Gasteiger partial charge on any atom is -0.321 e. The van der Waals surface area contributed by atoms with Crippen LogP contribution in [0.1, 0.15) is 33.9 Å². The van der Waals surface area contributed by atoms with Gasteiger partial charge in [-0.3, -0.25) is 9.59 Å². The van der Waals surface area contributed by atoms with E-state index in [1.54, 1.807) is 24.3 Å². The van der Waals surface area contributed by atoms with Crippen LogP contribution in [0.5, 0.6) is 0 Å². The molecule has 8 heteroatoms. The number of halogens is 3. The lowest BCUT2D eigenvalue weighted by atomic mass is 9.91. The molecule has 0 bridgehead atoms. The number of aromatic amines is 1. The highest BCUT2D eigenvalue weighted by Gasteiger charge is 2.36. The Balaban J connectivity index is 1.59. The van der Waals surface area contributed by atoms with Crippen LogP contribution in [0.15, 0.2) is 116 Å². The number of hydrazone groups is 1. The number of rotatable bonds is 4. The number of amides is 1. The van der Waals surface area contributed by atoms with Crippen molar-refractivity contribution >= 4 is 66.0 Å². The summed E-state index contributed by atoms with van der Waals surface area (Å²) in [4.78, 5) is 30.6. The Hall–Kier alpha value is -3.52. The number of carbonyl (C=O) groups is 1. The molecule has 1 amide bonds. The molecule has 1 N–H and O–H groups in total. The highest BCUT2D eigenvalue weighted by atomic mass is 79.9. The number of carbonyl (C=O) groups excluding carboxylic acids is 1. The Morgan fingerprint density at radius 2 is 1.62 bits per heavy atom. The maximum atomic E-state index is 13.8. The van der Waals surface area contributed by atoms with Crippen LogP contribution in [0.3, 0.4) is 0 Å². The molecule has 4 aromatic carbocycles. The van der Waals surface area contributed by atoms with E-state index in [1.807, 2.05) is 72.8 Å². The fourth-order valence-corrected chi connectivity index (χ4v) is 6.02. The first-order valence-corrected chi connectivity index (χ1v) is 14.2. The number of pyridine rings is 1. The zero-order valence-corrected chi connectivity index (χ0v) is 24.3. The van der Waals surface area contributed by atoms with E-state index in [0.717, 1.165) is 36.5 Å². The van der Waals surface area contributed by atoms with Crippen molar-refractivity contribution in [2.45, 2.75) is 12.5 Å². The van der Waals surface area contributed by atoms with Gasteiger partial charge in [-0.25, -0.2) is 5.01 Å². The summed E-state index contributed by atoms with van der Waals surface area (Å²) in [5, 5.41) is 7.51. The lowest BCUT2D eigenvalue weighted by Gasteiger charge is -2.22. The van der Waals surface area contributed by atoms with Crippen molar-refractivity contribution in [3.8, 4) is 11.1 Å². The van der Waals surface area contributed by atoms with Crippen LogP contribution in [0.4, 0.5) is 0 Å². The topological polar surface area (TPSA) is 65.5 Å². The predicted octanol–water partition coefficient (Wildman–Crippen LogP) is 8.37. The molecule has 1 atom stereocenters. The third-order valence-corrected chi connectivity index (χ3v) is 8.10. The molecule has 0 spiro atoms. The molecule has 0 saturated heterocycles. The first kappa shape index (κ1) is 25.7. The second-order valence-corrected chi connectivity index (χ2v) is 11.4. The normalized spacial score (nSPS) is 15.0. The van der Waals surface area contributed by atoms with Crippen molar-refractivity contribution in [3.63, 3.8) is 0 Å². The van der Waals surface area contributed by atoms with Crippen molar-refractivity contribution in [2.24, 2.45) is 5.10 Å². The molecule has 1 aromatic heterocycles. The highest BCUT2D eigenvalue weighted by Crippen LogP contribution is 2.39. The average molecular weight is 662 g/mol. The quantitative estimate of drug-likeness (QED) is 0.210. The van der Waals surface area contributed by atoms with Gasteiger partial charge in [0.2, 0.25) is 0 Å². The average Bonchev–Trinajstić information content (AvgIpc) is 3.38. The van der Waals surface area contributed by atoms with Crippen LogP contribution in [-0.2, 0) is 0 Å². The van der Waals surface area contributed by atoms with Crippen molar-refractivity contribution in [1.82, 2.24) is 9.99 Å². The van der Waals surface area contributed by atoms with Gasteiger partial charge in [-0.15, -0.1) is 0 Å². The fraction of sp³-hybridized carbons (Fsp3) is 0.0645. The molecule has 0 saturated carbocycles. The Labute approximate surface area is 246 Å². The van der Waals surface area contributed by atoms with Crippen molar-refractivity contribution in [1.29, 1.82) is 0 Å². The standard InChI is InChI=1S/C31H20Br2ClN3O2/c32-20-10-6-9-19(15-20)27-17-26(36-37(27)31(39)22-11-4-5-12-24(22)34)29-28(18-7-2-1-3-8-18)23-16-21(33)13-14-25(23)35-30(29)38/h1-16,27H,17H2,(H,35,38)/t27-/m1/s1. The monoisotopic (exact) mass is 659 g/mol. The fourth-order valence-electron chi connectivity index (χ4n) is 5.03. The van der Waals surface area contributed by atoms with E-state index < -0.39 is 6.04 Å². The van der Waals surface area contributed by atoms with Crippen LogP contribution in [0.2, 0.25) is 5.02 Å². The lowest BCUT2D eigenvalue weighted by molar-refractivity contribution is 0.0711. The van der Waals surface area contributed by atoms with Crippen molar-refractivity contribution < 1.29 is 4.79 Å². The largest absolute Gasteiger partial charge is 0.321 e. The number of hydrogen-bond donors (Lipinski definition) is 1. The molecule has 5 aromatic rings. The zero-order valence-electron chi connectivity index (χ0n) is 20.4. The van der Waals surface area contributed by atoms with Crippen LogP contribution >= 0.6 is 43.5 Å². The Bertz CT molecular complexity index is 1840. The molecule has 1 aliphatic rings. The maximum absolute atomic E-state index is 13.8. The van der Waals surface area contributed by atoms with Crippen LogP contribution in [-0.4, -0.2) is 21.6 Å². The summed E-state index contributed by atoms with van der Waals surface area (Å²) in [5.74, 6) is -0.332. The number of nitrogens with one attached hydrogen (secondary N) is 1. The molecule has 5 nitrogen and oxygen atoms in total. The Kier molecular flexibility index (Phi) is 6.97. The first-order chi connectivity index (χ1) is 18.9. The summed E-state index contributed by atoms with van der Waals surface area (Å²) in [7, 11) is 0. The van der Waals surface area contributed by atoms with Gasteiger partial charge in [0.1, 0.15) is 0 Å². The molecule has 0 unspecified atom stereocenters. The summed E-state index contributed by atoms with van der Waals surface area (Å²) in [6.45, 7) is 0. The van der Waals surface area contributed by atoms with Gasteiger partial charge in [0, 0.05) is 31.8 Å². The Morgan fingerprint density at radius 1 is 0.872 bits per heavy atom. The minimum atomic E-state index is -0.428. The van der Waals surface area contributed by atoms with Crippen LogP contribution in [0.25, 0.3) is 22.0 Å². The van der Waals surface area contributed by atoms with Gasteiger partial charge < -0.3 is 4.98 Å². The molecule has 2 heterocycles. The van der Waals surface area contributed by atoms with E-state index >= 15 is 0 Å². The van der Waals surface area contributed by atoms with Gasteiger partial charge in [0.15, 0.2) is 0 Å². The molecule has 6 rings (SSSR count). The van der Waals surface area contributed by atoms with Gasteiger partial charge in [-0.2, -0.15) is 5.10 Å². The second-order valence-electron chi connectivity index (χ2n) is 9.21. The molecule has 0 fully saturated rings. The molecular weight excluding hydrogens is 642 g/mol. The summed E-state index contributed by atoms with van der Waals surface area (Å²) >= 11 is 13.5. The van der Waals surface area contributed by atoms with Gasteiger partial charge in [0.25, 0.3) is 11.5 Å². The summed E-state index contributed by atoms with van der Waals surface area (Å²) in [6.07, 6.45) is 0.356. The van der Waals surface area contributed by atoms with E-state index in [-0.39, 0.29) is 11.5 Å². The number of fused-ring (bicyclic) bond motifs is 1. The van der Waals surface area contributed by atoms with E-state index in [9.17, 15) is 9.59 Å². The second kappa shape index (κ2) is 10.6. The van der Waals surface area contributed by atoms with Crippen LogP contribution < -0.4 is 5.56 Å². The van der Waals surface area contributed by atoms with E-state index in [0.29, 0.717) is 28.3 Å². The van der Waals surface area contributed by atoms with Gasteiger partial charge in [-0.1, -0.05) is 98.1 Å². The van der Waals surface area contributed by atoms with Crippen LogP contribution in [0, 0.1) is 0 Å². The number of aromatic nitrogens is 1. The third-order valence-electron chi connectivity index (χ3n) is 6.78. The molecule has 0 radical (unpaired) electrons. The third kappa shape index (κ3) is 4.86. The van der Waals surface area contributed by atoms with Crippen molar-refractivity contribution in [2.75, 3.05) is 0 Å². The number of benzene rings is 4. The molecule has 0 aliphatic carbocycles. The van der Waals surface area contributed by atoms with E-state index in [2.05, 4.69) is 36.8 Å². The molecule has 192 valence electrons. The SMILES string of the molecule is O=C(c1ccccc1Cl)N1N=C(c2c(-c3ccccc3)c3cc(Br)ccc3[nH]c2=O)C[C@@H]1c1cccc(Br)c1. The van der Waals surface area contributed by atoms with E-state index in [4.69, 9.17) is 16.7 Å². The number of H-pyrrole nitrogens is 1. The van der Waals surface area contributed by atoms with E-state index in [1.165, 1.54) is 5.01 Å².